The monoisotopic (exact) mass is 289 g/mol. The Morgan fingerprint density at radius 3 is 1.95 bits per heavy atom. The molecule has 0 fully saturated rings. The van der Waals surface area contributed by atoms with E-state index in [9.17, 15) is 8.78 Å². The molecule has 2 aromatic rings. The summed E-state index contributed by atoms with van der Waals surface area (Å²) in [6.07, 6.45) is 1.76. The van der Waals surface area contributed by atoms with E-state index in [4.69, 9.17) is 0 Å². The fourth-order valence-electron chi connectivity index (χ4n) is 2.52. The standard InChI is InChI=1S/C18H21F2N/c1-3-18(15-6-10-17(20)11-7-15)21-13(2)12-14-4-8-16(19)9-5-14/h4-11,13,18,21H,3,12H2,1-2H3. The molecule has 0 aliphatic rings. The Kier molecular flexibility index (Phi) is 5.45. The van der Waals surface area contributed by atoms with Crippen LogP contribution in [0.15, 0.2) is 48.5 Å². The second-order valence-corrected chi connectivity index (χ2v) is 5.41. The molecule has 2 unspecified atom stereocenters. The van der Waals surface area contributed by atoms with Gasteiger partial charge in [0.1, 0.15) is 11.6 Å². The maximum atomic E-state index is 13.0. The number of hydrogen-bond donors (Lipinski definition) is 1. The number of halogens is 2. The summed E-state index contributed by atoms with van der Waals surface area (Å²) in [4.78, 5) is 0. The molecule has 0 aliphatic carbocycles. The van der Waals surface area contributed by atoms with Crippen LogP contribution in [-0.2, 0) is 6.42 Å². The first-order valence-corrected chi connectivity index (χ1v) is 7.34. The zero-order chi connectivity index (χ0) is 15.2. The molecule has 1 N–H and O–H groups in total. The van der Waals surface area contributed by atoms with E-state index in [1.165, 1.54) is 24.3 Å². The molecule has 112 valence electrons. The summed E-state index contributed by atoms with van der Waals surface area (Å²) < 4.78 is 25.9. The van der Waals surface area contributed by atoms with Crippen molar-refractivity contribution in [1.29, 1.82) is 0 Å². The van der Waals surface area contributed by atoms with Crippen LogP contribution in [0.25, 0.3) is 0 Å². The highest BCUT2D eigenvalue weighted by molar-refractivity contribution is 5.21. The zero-order valence-electron chi connectivity index (χ0n) is 12.4. The van der Waals surface area contributed by atoms with Gasteiger partial charge in [-0.3, -0.25) is 0 Å². The second kappa shape index (κ2) is 7.32. The predicted octanol–water partition coefficient (Wildman–Crippen LogP) is 4.64. The fourth-order valence-corrected chi connectivity index (χ4v) is 2.52. The topological polar surface area (TPSA) is 12.0 Å². The fraction of sp³-hybridized carbons (Fsp3) is 0.333. The van der Waals surface area contributed by atoms with Gasteiger partial charge in [-0.1, -0.05) is 31.2 Å². The molecule has 2 aromatic carbocycles. The first-order chi connectivity index (χ1) is 10.1. The molecule has 0 aliphatic heterocycles. The van der Waals surface area contributed by atoms with E-state index in [0.717, 1.165) is 24.0 Å². The van der Waals surface area contributed by atoms with Crippen molar-refractivity contribution in [2.75, 3.05) is 0 Å². The van der Waals surface area contributed by atoms with Crippen LogP contribution in [0.2, 0.25) is 0 Å². The van der Waals surface area contributed by atoms with Crippen molar-refractivity contribution in [2.45, 2.75) is 38.8 Å². The molecule has 21 heavy (non-hydrogen) atoms. The third kappa shape index (κ3) is 4.64. The predicted molar refractivity (Wildman–Crippen MR) is 82.1 cm³/mol. The van der Waals surface area contributed by atoms with Gasteiger partial charge in [-0.25, -0.2) is 8.78 Å². The van der Waals surface area contributed by atoms with Crippen molar-refractivity contribution in [3.8, 4) is 0 Å². The van der Waals surface area contributed by atoms with Gasteiger partial charge in [-0.15, -0.1) is 0 Å². The number of nitrogens with one attached hydrogen (secondary N) is 1. The van der Waals surface area contributed by atoms with Gasteiger partial charge in [0.05, 0.1) is 0 Å². The first-order valence-electron chi connectivity index (χ1n) is 7.34. The normalized spacial score (nSPS) is 13.9. The van der Waals surface area contributed by atoms with Crippen LogP contribution in [0.1, 0.15) is 37.4 Å². The van der Waals surface area contributed by atoms with Crippen LogP contribution >= 0.6 is 0 Å². The Balaban J connectivity index is 1.97. The molecule has 0 bridgehead atoms. The van der Waals surface area contributed by atoms with E-state index in [2.05, 4.69) is 19.2 Å². The van der Waals surface area contributed by atoms with Crippen molar-refractivity contribution >= 4 is 0 Å². The van der Waals surface area contributed by atoms with Crippen molar-refractivity contribution in [1.82, 2.24) is 5.32 Å². The minimum absolute atomic E-state index is 0.195. The van der Waals surface area contributed by atoms with Gasteiger partial charge < -0.3 is 5.32 Å². The van der Waals surface area contributed by atoms with Crippen LogP contribution in [0, 0.1) is 11.6 Å². The number of benzene rings is 2. The van der Waals surface area contributed by atoms with E-state index >= 15 is 0 Å². The molecular weight excluding hydrogens is 268 g/mol. The SMILES string of the molecule is CCC(NC(C)Cc1ccc(F)cc1)c1ccc(F)cc1. The number of hydrogen-bond acceptors (Lipinski definition) is 1. The van der Waals surface area contributed by atoms with Gasteiger partial charge in [0, 0.05) is 12.1 Å². The maximum absolute atomic E-state index is 13.0. The molecular formula is C18H21F2N. The van der Waals surface area contributed by atoms with Crippen molar-refractivity contribution < 1.29 is 8.78 Å². The van der Waals surface area contributed by atoms with E-state index in [-0.39, 0.29) is 23.7 Å². The molecule has 3 heteroatoms. The van der Waals surface area contributed by atoms with Gasteiger partial charge in [-0.05, 0) is 55.2 Å². The van der Waals surface area contributed by atoms with Crippen LogP contribution in [-0.4, -0.2) is 6.04 Å². The molecule has 0 heterocycles. The second-order valence-electron chi connectivity index (χ2n) is 5.41. The van der Waals surface area contributed by atoms with E-state index in [1.54, 1.807) is 0 Å². The maximum Gasteiger partial charge on any atom is 0.123 e. The average Bonchev–Trinajstić information content (AvgIpc) is 2.48. The van der Waals surface area contributed by atoms with Gasteiger partial charge in [0.25, 0.3) is 0 Å². The Labute approximate surface area is 125 Å². The quantitative estimate of drug-likeness (QED) is 0.817. The average molecular weight is 289 g/mol. The molecule has 2 rings (SSSR count). The van der Waals surface area contributed by atoms with Crippen molar-refractivity contribution in [3.63, 3.8) is 0 Å². The molecule has 1 nitrogen and oxygen atoms in total. The smallest absolute Gasteiger partial charge is 0.123 e. The van der Waals surface area contributed by atoms with Gasteiger partial charge in [0.15, 0.2) is 0 Å². The summed E-state index contributed by atoms with van der Waals surface area (Å²) in [6, 6.07) is 13.7. The molecule has 0 radical (unpaired) electrons. The van der Waals surface area contributed by atoms with E-state index in [0.29, 0.717) is 0 Å². The first kappa shape index (κ1) is 15.6. The minimum Gasteiger partial charge on any atom is -0.307 e. The Hall–Kier alpha value is -1.74. The lowest BCUT2D eigenvalue weighted by atomic mass is 10.0. The van der Waals surface area contributed by atoms with Gasteiger partial charge >= 0.3 is 0 Å². The van der Waals surface area contributed by atoms with Crippen LogP contribution < -0.4 is 5.32 Å². The Morgan fingerprint density at radius 1 is 0.905 bits per heavy atom. The lowest BCUT2D eigenvalue weighted by Crippen LogP contribution is -2.32. The molecule has 0 amide bonds. The third-order valence-corrected chi connectivity index (χ3v) is 3.62. The highest BCUT2D eigenvalue weighted by atomic mass is 19.1. The number of rotatable bonds is 6. The van der Waals surface area contributed by atoms with Gasteiger partial charge in [-0.2, -0.15) is 0 Å². The van der Waals surface area contributed by atoms with Crippen LogP contribution in [0.4, 0.5) is 8.78 Å². The van der Waals surface area contributed by atoms with E-state index < -0.39 is 0 Å². The summed E-state index contributed by atoms with van der Waals surface area (Å²) in [5.41, 5.74) is 2.19. The van der Waals surface area contributed by atoms with Gasteiger partial charge in [0.2, 0.25) is 0 Å². The van der Waals surface area contributed by atoms with Crippen molar-refractivity contribution in [3.05, 3.63) is 71.3 Å². The lowest BCUT2D eigenvalue weighted by Gasteiger charge is -2.23. The molecule has 0 saturated heterocycles. The third-order valence-electron chi connectivity index (χ3n) is 3.62. The molecule has 2 atom stereocenters. The minimum atomic E-state index is -0.215. The Bertz CT molecular complexity index is 548. The summed E-state index contributed by atoms with van der Waals surface area (Å²) >= 11 is 0. The van der Waals surface area contributed by atoms with Crippen LogP contribution in [0.5, 0.6) is 0 Å². The van der Waals surface area contributed by atoms with E-state index in [1.807, 2.05) is 24.3 Å². The van der Waals surface area contributed by atoms with Crippen molar-refractivity contribution in [2.24, 2.45) is 0 Å². The molecule has 0 saturated carbocycles. The summed E-state index contributed by atoms with van der Waals surface area (Å²) in [7, 11) is 0. The Morgan fingerprint density at radius 2 is 1.43 bits per heavy atom. The molecule has 0 aromatic heterocycles. The summed E-state index contributed by atoms with van der Waals surface area (Å²) in [6.45, 7) is 4.21. The summed E-state index contributed by atoms with van der Waals surface area (Å²) in [5.74, 6) is -0.426. The highest BCUT2D eigenvalue weighted by Gasteiger charge is 2.13. The lowest BCUT2D eigenvalue weighted by molar-refractivity contribution is 0.443. The zero-order valence-corrected chi connectivity index (χ0v) is 12.4. The van der Waals surface area contributed by atoms with Crippen LogP contribution in [0.3, 0.4) is 0 Å². The summed E-state index contributed by atoms with van der Waals surface area (Å²) in [5, 5.41) is 3.55. The molecule has 0 spiro atoms. The highest BCUT2D eigenvalue weighted by Crippen LogP contribution is 2.18. The largest absolute Gasteiger partial charge is 0.307 e.